The lowest BCUT2D eigenvalue weighted by atomic mass is 10.1. The van der Waals surface area contributed by atoms with Gasteiger partial charge in [-0.25, -0.2) is 0 Å². The average molecular weight is 375 g/mol. The van der Waals surface area contributed by atoms with Crippen LogP contribution in [0.2, 0.25) is 0 Å². The van der Waals surface area contributed by atoms with Gasteiger partial charge in [0, 0.05) is 38.1 Å². The third-order valence-electron chi connectivity index (χ3n) is 4.80. The second-order valence-electron chi connectivity index (χ2n) is 6.93. The van der Waals surface area contributed by atoms with E-state index in [0.29, 0.717) is 25.3 Å². The van der Waals surface area contributed by atoms with E-state index in [1.54, 1.807) is 34.4 Å². The lowest BCUT2D eigenvalue weighted by Gasteiger charge is -2.16. The third-order valence-corrected chi connectivity index (χ3v) is 4.80. The molecule has 0 bridgehead atoms. The number of anilines is 1. The number of nitrogens with zero attached hydrogens (tertiary/aromatic N) is 4. The highest BCUT2D eigenvalue weighted by atomic mass is 16.2. The first kappa shape index (κ1) is 17.9. The molecular formula is C21H21N5O2. The summed E-state index contributed by atoms with van der Waals surface area (Å²) >= 11 is 0. The molecule has 1 aliphatic rings. The fourth-order valence-corrected chi connectivity index (χ4v) is 3.34. The molecule has 7 heteroatoms. The highest BCUT2D eigenvalue weighted by molar-refractivity contribution is 5.97. The summed E-state index contributed by atoms with van der Waals surface area (Å²) in [6.45, 7) is 1.56. The van der Waals surface area contributed by atoms with Gasteiger partial charge in [0.05, 0.1) is 24.3 Å². The number of benzene rings is 1. The predicted molar refractivity (Wildman–Crippen MR) is 104 cm³/mol. The van der Waals surface area contributed by atoms with Gasteiger partial charge in [-0.1, -0.05) is 30.3 Å². The molecule has 142 valence electrons. The van der Waals surface area contributed by atoms with E-state index in [9.17, 15) is 9.59 Å². The van der Waals surface area contributed by atoms with E-state index in [1.165, 1.54) is 0 Å². The maximum Gasteiger partial charge on any atom is 0.229 e. The quantitative estimate of drug-likeness (QED) is 0.717. The summed E-state index contributed by atoms with van der Waals surface area (Å²) in [4.78, 5) is 30.6. The number of pyridine rings is 1. The van der Waals surface area contributed by atoms with E-state index in [4.69, 9.17) is 0 Å². The fraction of sp³-hybridized carbons (Fsp3) is 0.238. The van der Waals surface area contributed by atoms with Crippen molar-refractivity contribution in [3.8, 4) is 0 Å². The zero-order valence-electron chi connectivity index (χ0n) is 15.4. The number of carbonyl (C=O) groups is 2. The Balaban J connectivity index is 1.33. The number of aromatic nitrogens is 3. The van der Waals surface area contributed by atoms with Crippen LogP contribution >= 0.6 is 0 Å². The van der Waals surface area contributed by atoms with Crippen LogP contribution in [0.15, 0.2) is 67.3 Å². The van der Waals surface area contributed by atoms with Gasteiger partial charge in [0.25, 0.3) is 0 Å². The second kappa shape index (κ2) is 8.04. The SMILES string of the molecule is O=C(Nc1cnn(Cc2ccccc2)c1)C1CC(=O)N(Cc2ccncc2)C1. The van der Waals surface area contributed by atoms with Crippen molar-refractivity contribution < 1.29 is 9.59 Å². The van der Waals surface area contributed by atoms with E-state index in [0.717, 1.165) is 11.1 Å². The Morgan fingerprint density at radius 1 is 1.07 bits per heavy atom. The van der Waals surface area contributed by atoms with Crippen LogP contribution in [0.5, 0.6) is 0 Å². The van der Waals surface area contributed by atoms with Gasteiger partial charge in [0.1, 0.15) is 0 Å². The minimum absolute atomic E-state index is 0.00302. The van der Waals surface area contributed by atoms with Crippen molar-refractivity contribution in [1.29, 1.82) is 0 Å². The van der Waals surface area contributed by atoms with Crippen molar-refractivity contribution in [3.05, 3.63) is 78.4 Å². The third kappa shape index (κ3) is 4.25. The first-order chi connectivity index (χ1) is 13.7. The normalized spacial score (nSPS) is 16.4. The van der Waals surface area contributed by atoms with Gasteiger partial charge in [-0.15, -0.1) is 0 Å². The summed E-state index contributed by atoms with van der Waals surface area (Å²) in [5.41, 5.74) is 2.78. The number of nitrogens with one attached hydrogen (secondary N) is 1. The van der Waals surface area contributed by atoms with Crippen LogP contribution in [0.25, 0.3) is 0 Å². The number of likely N-dealkylation sites (tertiary alicyclic amines) is 1. The van der Waals surface area contributed by atoms with Crippen molar-refractivity contribution >= 4 is 17.5 Å². The number of rotatable bonds is 6. The zero-order chi connectivity index (χ0) is 19.3. The summed E-state index contributed by atoms with van der Waals surface area (Å²) in [6.07, 6.45) is 7.07. The summed E-state index contributed by atoms with van der Waals surface area (Å²) in [5, 5.41) is 7.18. The van der Waals surface area contributed by atoms with E-state index >= 15 is 0 Å². The second-order valence-corrected chi connectivity index (χ2v) is 6.93. The molecule has 1 atom stereocenters. The topological polar surface area (TPSA) is 80.1 Å². The standard InChI is InChI=1S/C21H21N5O2/c27-20-10-18(14-25(20)12-17-6-8-22-9-7-17)21(28)24-19-11-23-26(15-19)13-16-4-2-1-3-5-16/h1-9,11,15,18H,10,12-14H2,(H,24,28). The molecule has 1 saturated heterocycles. The van der Waals surface area contributed by atoms with E-state index in [2.05, 4.69) is 15.4 Å². The summed E-state index contributed by atoms with van der Waals surface area (Å²) in [7, 11) is 0. The molecule has 1 unspecified atom stereocenters. The molecule has 2 aromatic heterocycles. The van der Waals surface area contributed by atoms with Crippen molar-refractivity contribution in [3.63, 3.8) is 0 Å². The highest BCUT2D eigenvalue weighted by Gasteiger charge is 2.34. The van der Waals surface area contributed by atoms with Crippen LogP contribution in [0.1, 0.15) is 17.5 Å². The van der Waals surface area contributed by atoms with Crippen molar-refractivity contribution in [2.45, 2.75) is 19.5 Å². The molecule has 1 N–H and O–H groups in total. The van der Waals surface area contributed by atoms with Crippen LogP contribution in [-0.2, 0) is 22.7 Å². The predicted octanol–water partition coefficient (Wildman–Crippen LogP) is 2.31. The van der Waals surface area contributed by atoms with Gasteiger partial charge in [-0.2, -0.15) is 5.10 Å². The molecule has 2 amide bonds. The monoisotopic (exact) mass is 375 g/mol. The molecule has 1 fully saturated rings. The summed E-state index contributed by atoms with van der Waals surface area (Å²) in [5.74, 6) is -0.506. The van der Waals surface area contributed by atoms with Crippen LogP contribution in [0.3, 0.4) is 0 Å². The molecule has 0 saturated carbocycles. The van der Waals surface area contributed by atoms with Gasteiger partial charge in [-0.3, -0.25) is 19.3 Å². The van der Waals surface area contributed by atoms with E-state index in [1.807, 2.05) is 42.5 Å². The molecule has 0 radical (unpaired) electrons. The molecule has 0 aliphatic carbocycles. The summed E-state index contributed by atoms with van der Waals surface area (Å²) in [6, 6.07) is 13.7. The lowest BCUT2D eigenvalue weighted by molar-refractivity contribution is -0.128. The molecule has 28 heavy (non-hydrogen) atoms. The van der Waals surface area contributed by atoms with Crippen LogP contribution in [0.4, 0.5) is 5.69 Å². The van der Waals surface area contributed by atoms with Gasteiger partial charge in [0.15, 0.2) is 0 Å². The molecule has 3 heterocycles. The minimum Gasteiger partial charge on any atom is -0.338 e. The highest BCUT2D eigenvalue weighted by Crippen LogP contribution is 2.22. The first-order valence-electron chi connectivity index (χ1n) is 9.21. The Kier molecular flexibility index (Phi) is 5.14. The average Bonchev–Trinajstić information content (AvgIpc) is 3.30. The maximum absolute atomic E-state index is 12.6. The number of hydrogen-bond acceptors (Lipinski definition) is 4. The Labute approximate surface area is 163 Å². The molecular weight excluding hydrogens is 354 g/mol. The largest absolute Gasteiger partial charge is 0.338 e. The fourth-order valence-electron chi connectivity index (χ4n) is 3.34. The molecule has 0 spiro atoms. The van der Waals surface area contributed by atoms with Gasteiger partial charge in [-0.05, 0) is 23.3 Å². The van der Waals surface area contributed by atoms with Crippen LogP contribution in [-0.4, -0.2) is 38.0 Å². The molecule has 1 aromatic carbocycles. The number of hydrogen-bond donors (Lipinski definition) is 1. The van der Waals surface area contributed by atoms with Crippen molar-refractivity contribution in [2.24, 2.45) is 5.92 Å². The first-order valence-corrected chi connectivity index (χ1v) is 9.21. The Morgan fingerprint density at radius 2 is 1.82 bits per heavy atom. The van der Waals surface area contributed by atoms with Gasteiger partial charge < -0.3 is 10.2 Å². The molecule has 7 nitrogen and oxygen atoms in total. The van der Waals surface area contributed by atoms with Gasteiger partial charge in [0.2, 0.25) is 11.8 Å². The minimum atomic E-state index is -0.355. The Morgan fingerprint density at radius 3 is 2.61 bits per heavy atom. The van der Waals surface area contributed by atoms with Crippen molar-refractivity contribution in [1.82, 2.24) is 19.7 Å². The van der Waals surface area contributed by atoms with E-state index < -0.39 is 0 Å². The summed E-state index contributed by atoms with van der Waals surface area (Å²) < 4.78 is 1.78. The number of carbonyl (C=O) groups excluding carboxylic acids is 2. The van der Waals surface area contributed by atoms with Crippen molar-refractivity contribution in [2.75, 3.05) is 11.9 Å². The zero-order valence-corrected chi connectivity index (χ0v) is 15.4. The number of amides is 2. The van der Waals surface area contributed by atoms with Crippen LogP contribution < -0.4 is 5.32 Å². The Bertz CT molecular complexity index is 955. The smallest absolute Gasteiger partial charge is 0.229 e. The van der Waals surface area contributed by atoms with E-state index in [-0.39, 0.29) is 24.2 Å². The molecule has 3 aromatic rings. The molecule has 1 aliphatic heterocycles. The maximum atomic E-state index is 12.6. The molecule has 4 rings (SSSR count). The van der Waals surface area contributed by atoms with Crippen LogP contribution in [0, 0.1) is 5.92 Å². The lowest BCUT2D eigenvalue weighted by Crippen LogP contribution is -2.28. The van der Waals surface area contributed by atoms with Gasteiger partial charge >= 0.3 is 0 Å². The Hall–Kier alpha value is -3.48.